The summed E-state index contributed by atoms with van der Waals surface area (Å²) in [4.78, 5) is 26.6. The van der Waals surface area contributed by atoms with Gasteiger partial charge in [-0.25, -0.2) is 0 Å². The second kappa shape index (κ2) is 37.7. The lowest BCUT2D eigenvalue weighted by atomic mass is 10.1. The van der Waals surface area contributed by atoms with Crippen molar-refractivity contribution in [3.05, 3.63) is 0 Å². The van der Waals surface area contributed by atoms with E-state index in [9.17, 15) is 9.59 Å². The summed E-state index contributed by atoms with van der Waals surface area (Å²) in [5.41, 5.74) is 0. The molecule has 0 atom stereocenters. The Morgan fingerprint density at radius 1 is 0.500 bits per heavy atom. The van der Waals surface area contributed by atoms with Gasteiger partial charge >= 0.3 is 11.9 Å². The van der Waals surface area contributed by atoms with E-state index >= 15 is 0 Å². The molecule has 0 heterocycles. The topological polar surface area (TPSA) is 76.1 Å². The maximum absolute atomic E-state index is 12.3. The molecule has 0 amide bonds. The molecule has 0 fully saturated rings. The molecule has 0 saturated heterocycles. The van der Waals surface area contributed by atoms with Crippen molar-refractivity contribution in [3.63, 3.8) is 0 Å². The Labute approximate surface area is 287 Å². The Morgan fingerprint density at radius 2 is 0.886 bits per heavy atom. The van der Waals surface area contributed by atoms with Crippen LogP contribution in [0.1, 0.15) is 142 Å². The van der Waals surface area contributed by atoms with Crippen LogP contribution in [0.3, 0.4) is 0 Å². The molecule has 0 aliphatic heterocycles. The van der Waals surface area contributed by atoms with E-state index in [-0.39, 0.29) is 18.5 Å². The van der Waals surface area contributed by atoms with Crippen LogP contribution in [-0.2, 0) is 19.1 Å². The lowest BCUT2D eigenvalue weighted by Gasteiger charge is -2.21. The molecule has 0 aromatic carbocycles. The summed E-state index contributed by atoms with van der Waals surface area (Å²) in [6.07, 6.45) is 23.7. The van der Waals surface area contributed by atoms with Crippen molar-refractivity contribution < 1.29 is 24.2 Å². The minimum atomic E-state index is -0.185. The Hall–Kier alpha value is 0.260. The van der Waals surface area contributed by atoms with Crippen LogP contribution < -0.4 is 0 Å². The summed E-state index contributed by atoms with van der Waals surface area (Å²) >= 11 is 0. The van der Waals surface area contributed by atoms with E-state index in [2.05, 4.69) is 18.7 Å². The first-order valence-electron chi connectivity index (χ1n) is 17.8. The number of esters is 2. The van der Waals surface area contributed by atoms with Crippen LogP contribution in [0.2, 0.25) is 0 Å². The van der Waals surface area contributed by atoms with Gasteiger partial charge in [0, 0.05) is 42.7 Å². The maximum atomic E-state index is 12.3. The van der Waals surface area contributed by atoms with Crippen molar-refractivity contribution in [2.24, 2.45) is 0 Å². The molecule has 10 heteroatoms. The standard InChI is InChI=1S/C34H67NO5S4/c1-3-5-7-9-11-13-15-19-29-41-43-31-27-39-33(37)21-24-35(23-17-18-26-36)25-22-34(38)40-28-32-44-42-30-20-16-14-12-10-8-6-4-2/h36H,3-32H2,1-2H3. The minimum absolute atomic E-state index is 0.154. The lowest BCUT2D eigenvalue weighted by molar-refractivity contribution is -0.143. The molecule has 0 aliphatic carbocycles. The molecule has 1 N–H and O–H groups in total. The van der Waals surface area contributed by atoms with E-state index in [4.69, 9.17) is 14.6 Å². The third-order valence-corrected chi connectivity index (χ3v) is 12.2. The van der Waals surface area contributed by atoms with Gasteiger partial charge in [0.1, 0.15) is 13.2 Å². The average molecular weight is 698 g/mol. The number of aliphatic hydroxyl groups is 1. The van der Waals surface area contributed by atoms with Crippen LogP contribution in [0.4, 0.5) is 0 Å². The zero-order valence-corrected chi connectivity index (χ0v) is 31.6. The first-order chi connectivity index (χ1) is 21.6. The molecule has 0 aliphatic rings. The number of carbonyl (C=O) groups is 2. The van der Waals surface area contributed by atoms with Gasteiger partial charge in [-0.05, 0) is 32.2 Å². The Balaban J connectivity index is 3.80. The number of unbranched alkanes of at least 4 members (excludes halogenated alkanes) is 15. The van der Waals surface area contributed by atoms with Crippen molar-refractivity contribution in [3.8, 4) is 0 Å². The molecular weight excluding hydrogens is 631 g/mol. The number of aliphatic hydroxyl groups excluding tert-OH is 1. The second-order valence-electron chi connectivity index (χ2n) is 11.5. The summed E-state index contributed by atoms with van der Waals surface area (Å²) in [6, 6.07) is 0. The monoisotopic (exact) mass is 697 g/mol. The van der Waals surface area contributed by atoms with Gasteiger partial charge < -0.3 is 19.5 Å². The first kappa shape index (κ1) is 44.3. The van der Waals surface area contributed by atoms with Crippen molar-refractivity contribution in [2.45, 2.75) is 142 Å². The fourth-order valence-corrected chi connectivity index (χ4v) is 8.58. The average Bonchev–Trinajstić information content (AvgIpc) is 3.02. The molecule has 0 aromatic rings. The summed E-state index contributed by atoms with van der Waals surface area (Å²) in [6.45, 7) is 7.43. The van der Waals surface area contributed by atoms with E-state index in [1.54, 1.807) is 21.6 Å². The van der Waals surface area contributed by atoms with Crippen molar-refractivity contribution in [2.75, 3.05) is 62.5 Å². The lowest BCUT2D eigenvalue weighted by Crippen LogP contribution is -2.31. The summed E-state index contributed by atoms with van der Waals surface area (Å²) in [5, 5.41) is 9.14. The molecule has 6 nitrogen and oxygen atoms in total. The normalized spacial score (nSPS) is 11.4. The van der Waals surface area contributed by atoms with Gasteiger partial charge in [-0.2, -0.15) is 0 Å². The predicted octanol–water partition coefficient (Wildman–Crippen LogP) is 9.97. The molecule has 44 heavy (non-hydrogen) atoms. The van der Waals surface area contributed by atoms with Gasteiger partial charge in [0.2, 0.25) is 0 Å². The Kier molecular flexibility index (Phi) is 37.9. The van der Waals surface area contributed by atoms with E-state index in [0.717, 1.165) is 36.0 Å². The highest BCUT2D eigenvalue weighted by atomic mass is 33.1. The zero-order valence-electron chi connectivity index (χ0n) is 28.4. The molecular formula is C34H67NO5S4. The summed E-state index contributed by atoms with van der Waals surface area (Å²) in [7, 11) is 7.34. The van der Waals surface area contributed by atoms with Gasteiger partial charge in [0.05, 0.1) is 12.8 Å². The molecule has 0 aromatic heterocycles. The molecule has 0 bridgehead atoms. The third kappa shape index (κ3) is 35.1. The van der Waals surface area contributed by atoms with Gasteiger partial charge in [-0.3, -0.25) is 9.59 Å². The number of hydrogen-bond acceptors (Lipinski definition) is 10. The van der Waals surface area contributed by atoms with Crippen LogP contribution in [0, 0.1) is 0 Å². The van der Waals surface area contributed by atoms with Crippen molar-refractivity contribution >= 4 is 55.1 Å². The molecule has 0 radical (unpaired) electrons. The van der Waals surface area contributed by atoms with Crippen LogP contribution >= 0.6 is 43.2 Å². The Morgan fingerprint density at radius 3 is 1.30 bits per heavy atom. The maximum Gasteiger partial charge on any atom is 0.307 e. The highest BCUT2D eigenvalue weighted by molar-refractivity contribution is 8.77. The van der Waals surface area contributed by atoms with Gasteiger partial charge in [-0.15, -0.1) is 0 Å². The van der Waals surface area contributed by atoms with Gasteiger partial charge in [0.15, 0.2) is 0 Å². The summed E-state index contributed by atoms with van der Waals surface area (Å²) in [5.74, 6) is 3.58. The highest BCUT2D eigenvalue weighted by Crippen LogP contribution is 2.24. The second-order valence-corrected chi connectivity index (χ2v) is 16.9. The molecule has 0 spiro atoms. The number of nitrogens with zero attached hydrogens (tertiary/aromatic N) is 1. The third-order valence-electron chi connectivity index (χ3n) is 7.34. The Bertz CT molecular complexity index is 572. The van der Waals surface area contributed by atoms with Crippen LogP contribution in [0.25, 0.3) is 0 Å². The molecule has 0 rings (SSSR count). The van der Waals surface area contributed by atoms with Crippen molar-refractivity contribution in [1.29, 1.82) is 0 Å². The number of ether oxygens (including phenoxy) is 2. The molecule has 0 unspecified atom stereocenters. The van der Waals surface area contributed by atoms with Crippen LogP contribution in [-0.4, -0.2) is 84.4 Å². The largest absolute Gasteiger partial charge is 0.465 e. The number of carbonyl (C=O) groups excluding carboxylic acids is 2. The van der Waals surface area contributed by atoms with Crippen LogP contribution in [0.15, 0.2) is 0 Å². The number of rotatable bonds is 36. The highest BCUT2D eigenvalue weighted by Gasteiger charge is 2.12. The summed E-state index contributed by atoms with van der Waals surface area (Å²) < 4.78 is 10.9. The molecule has 262 valence electrons. The minimum Gasteiger partial charge on any atom is -0.465 e. The fourth-order valence-electron chi connectivity index (χ4n) is 4.63. The van der Waals surface area contributed by atoms with E-state index in [1.165, 1.54) is 103 Å². The quantitative estimate of drug-likeness (QED) is 0.0388. The van der Waals surface area contributed by atoms with Crippen LogP contribution in [0.5, 0.6) is 0 Å². The first-order valence-corrected chi connectivity index (χ1v) is 22.7. The SMILES string of the molecule is CCCCCCCCCCSSCCOC(=O)CCN(CCCCO)CCC(=O)OCCSSCCCCCCCCCC. The predicted molar refractivity (Wildman–Crippen MR) is 199 cm³/mol. The fraction of sp³-hybridized carbons (Fsp3) is 0.941. The van der Waals surface area contributed by atoms with E-state index in [1.807, 2.05) is 21.6 Å². The van der Waals surface area contributed by atoms with E-state index < -0.39 is 0 Å². The smallest absolute Gasteiger partial charge is 0.307 e. The molecule has 0 saturated carbocycles. The van der Waals surface area contributed by atoms with E-state index in [0.29, 0.717) is 45.6 Å². The van der Waals surface area contributed by atoms with Gasteiger partial charge in [0.25, 0.3) is 0 Å². The van der Waals surface area contributed by atoms with Gasteiger partial charge in [-0.1, -0.05) is 147 Å². The zero-order chi connectivity index (χ0) is 32.2. The number of hydrogen-bond donors (Lipinski definition) is 1. The van der Waals surface area contributed by atoms with Crippen molar-refractivity contribution in [1.82, 2.24) is 4.90 Å².